The molecule has 2 unspecified atom stereocenters. The number of nitrogens with zero attached hydrogens (tertiary/aromatic N) is 2. The van der Waals surface area contributed by atoms with Crippen molar-refractivity contribution < 1.29 is 9.59 Å². The number of aromatic nitrogens is 2. The number of piperazine rings is 1. The van der Waals surface area contributed by atoms with E-state index in [9.17, 15) is 9.59 Å². The zero-order valence-corrected chi connectivity index (χ0v) is 20.1. The summed E-state index contributed by atoms with van der Waals surface area (Å²) < 4.78 is 0. The first-order chi connectivity index (χ1) is 16.1. The zero-order chi connectivity index (χ0) is 24.5. The number of amides is 2. The number of anilines is 1. The summed E-state index contributed by atoms with van der Waals surface area (Å²) in [4.78, 5) is 36.5. The molecule has 4 heterocycles. The van der Waals surface area contributed by atoms with Crippen molar-refractivity contribution in [1.82, 2.24) is 20.2 Å². The Hall–Kier alpha value is -3.61. The van der Waals surface area contributed by atoms with Gasteiger partial charge < -0.3 is 20.5 Å². The van der Waals surface area contributed by atoms with Crippen LogP contribution < -0.4 is 10.6 Å². The fraction of sp³-hybridized carbons (Fsp3) is 0.370. The SMILES string of the molecule is C=CC(C)(C)c1[nH]cnc1C=C1NC(=O)C2C[C@@]3(C(C)(C)C=C)c4ccccc4NC3N2C1=O. The molecule has 0 bridgehead atoms. The Bertz CT molecular complexity index is 1250. The molecule has 0 spiro atoms. The van der Waals surface area contributed by atoms with Gasteiger partial charge in [0.15, 0.2) is 0 Å². The molecule has 1 aromatic heterocycles. The molecule has 3 aliphatic heterocycles. The van der Waals surface area contributed by atoms with Crippen molar-refractivity contribution >= 4 is 23.6 Å². The number of fused-ring (bicyclic) bond motifs is 5. The summed E-state index contributed by atoms with van der Waals surface area (Å²) in [5, 5.41) is 6.44. The maximum absolute atomic E-state index is 13.9. The predicted molar refractivity (Wildman–Crippen MR) is 133 cm³/mol. The monoisotopic (exact) mass is 457 g/mol. The van der Waals surface area contributed by atoms with Gasteiger partial charge in [-0.3, -0.25) is 9.59 Å². The molecule has 0 radical (unpaired) electrons. The first kappa shape index (κ1) is 22.2. The smallest absolute Gasteiger partial charge is 0.272 e. The van der Waals surface area contributed by atoms with Crippen molar-refractivity contribution in [2.24, 2.45) is 5.41 Å². The molecular formula is C27H31N5O2. The topological polar surface area (TPSA) is 90.1 Å². The number of hydrogen-bond donors (Lipinski definition) is 3. The Balaban J connectivity index is 1.61. The molecule has 3 aliphatic rings. The summed E-state index contributed by atoms with van der Waals surface area (Å²) in [5.41, 5.74) is 2.53. The fourth-order valence-electron chi connectivity index (χ4n) is 5.83. The molecular weight excluding hydrogens is 426 g/mol. The number of aromatic amines is 1. The third kappa shape index (κ3) is 2.79. The summed E-state index contributed by atoms with van der Waals surface area (Å²) in [6.07, 6.45) is 7.17. The van der Waals surface area contributed by atoms with E-state index in [0.717, 1.165) is 16.9 Å². The minimum atomic E-state index is -0.571. The number of H-pyrrole nitrogens is 1. The van der Waals surface area contributed by atoms with Crippen LogP contribution in [0.1, 0.15) is 51.1 Å². The van der Waals surface area contributed by atoms with Crippen LogP contribution in [0.2, 0.25) is 0 Å². The molecule has 2 saturated heterocycles. The third-order valence-corrected chi connectivity index (χ3v) is 8.09. The van der Waals surface area contributed by atoms with Crippen molar-refractivity contribution in [3.05, 3.63) is 78.6 Å². The highest BCUT2D eigenvalue weighted by Gasteiger charge is 2.66. The minimum Gasteiger partial charge on any atom is -0.364 e. The molecule has 2 fully saturated rings. The second-order valence-corrected chi connectivity index (χ2v) is 10.6. The van der Waals surface area contributed by atoms with Crippen LogP contribution >= 0.6 is 0 Å². The van der Waals surface area contributed by atoms with E-state index in [4.69, 9.17) is 0 Å². The Kier molecular flexibility index (Phi) is 4.70. The van der Waals surface area contributed by atoms with Gasteiger partial charge in [-0.25, -0.2) is 4.98 Å². The summed E-state index contributed by atoms with van der Waals surface area (Å²) in [6, 6.07) is 7.54. The summed E-state index contributed by atoms with van der Waals surface area (Å²) in [7, 11) is 0. The van der Waals surface area contributed by atoms with Crippen molar-refractivity contribution in [1.29, 1.82) is 0 Å². The third-order valence-electron chi connectivity index (χ3n) is 8.09. The van der Waals surface area contributed by atoms with Crippen LogP contribution in [0.4, 0.5) is 5.69 Å². The van der Waals surface area contributed by atoms with Gasteiger partial charge in [-0.2, -0.15) is 0 Å². The van der Waals surface area contributed by atoms with Crippen LogP contribution in [0.3, 0.4) is 0 Å². The number of carbonyl (C=O) groups is 2. The molecule has 7 heteroatoms. The van der Waals surface area contributed by atoms with Crippen LogP contribution in [-0.2, 0) is 20.4 Å². The zero-order valence-electron chi connectivity index (χ0n) is 20.1. The van der Waals surface area contributed by atoms with Gasteiger partial charge in [0.1, 0.15) is 17.9 Å². The van der Waals surface area contributed by atoms with Crippen molar-refractivity contribution in [3.8, 4) is 0 Å². The van der Waals surface area contributed by atoms with E-state index in [1.54, 1.807) is 17.3 Å². The molecule has 34 heavy (non-hydrogen) atoms. The van der Waals surface area contributed by atoms with Crippen LogP contribution in [0.15, 0.2) is 61.6 Å². The van der Waals surface area contributed by atoms with E-state index in [0.29, 0.717) is 12.1 Å². The Labute approximate surface area is 200 Å². The quantitative estimate of drug-likeness (QED) is 0.470. The first-order valence-corrected chi connectivity index (χ1v) is 11.6. The number of imidazole rings is 1. The number of carbonyl (C=O) groups excluding carboxylic acids is 2. The van der Waals surface area contributed by atoms with Gasteiger partial charge in [-0.15, -0.1) is 13.2 Å². The normalized spacial score (nSPS) is 27.1. The van der Waals surface area contributed by atoms with E-state index in [1.807, 2.05) is 44.2 Å². The molecule has 176 valence electrons. The van der Waals surface area contributed by atoms with Gasteiger partial charge in [0.05, 0.1) is 17.7 Å². The molecule has 3 atom stereocenters. The van der Waals surface area contributed by atoms with Gasteiger partial charge in [-0.1, -0.05) is 58.0 Å². The maximum Gasteiger partial charge on any atom is 0.272 e. The van der Waals surface area contributed by atoms with E-state index >= 15 is 0 Å². The fourth-order valence-corrected chi connectivity index (χ4v) is 5.83. The summed E-state index contributed by atoms with van der Waals surface area (Å²) >= 11 is 0. The van der Waals surface area contributed by atoms with Crippen LogP contribution in [0, 0.1) is 5.41 Å². The molecule has 0 saturated carbocycles. The van der Waals surface area contributed by atoms with E-state index in [1.165, 1.54) is 0 Å². The van der Waals surface area contributed by atoms with Crippen molar-refractivity contribution in [3.63, 3.8) is 0 Å². The van der Waals surface area contributed by atoms with Gasteiger partial charge >= 0.3 is 0 Å². The average molecular weight is 458 g/mol. The standard InChI is InChI=1S/C27H31N5O2/c1-7-25(3,4)21-18(28-15-29-21)13-19-23(34)32-20(22(33)30-19)14-27(26(5,6)8-2)16-11-9-10-12-17(16)31-24(27)32/h7-13,15,20,24,31H,1-2,14H2,3-6H3,(H,28,29)(H,30,33)/t20?,24?,27-/m1/s1. The second-order valence-electron chi connectivity index (χ2n) is 10.6. The van der Waals surface area contributed by atoms with Crippen LogP contribution in [-0.4, -0.2) is 38.9 Å². The van der Waals surface area contributed by atoms with Crippen molar-refractivity contribution in [2.45, 2.75) is 57.2 Å². The molecule has 7 nitrogen and oxygen atoms in total. The van der Waals surface area contributed by atoms with Gasteiger partial charge in [0, 0.05) is 16.5 Å². The number of nitrogens with one attached hydrogen (secondary N) is 3. The number of para-hydroxylation sites is 1. The van der Waals surface area contributed by atoms with Gasteiger partial charge in [-0.05, 0) is 29.5 Å². The highest BCUT2D eigenvalue weighted by Crippen LogP contribution is 2.60. The van der Waals surface area contributed by atoms with Crippen LogP contribution in [0.25, 0.3) is 6.08 Å². The highest BCUT2D eigenvalue weighted by atomic mass is 16.2. The van der Waals surface area contributed by atoms with Gasteiger partial charge in [0.2, 0.25) is 5.91 Å². The molecule has 3 N–H and O–H groups in total. The minimum absolute atomic E-state index is 0.182. The van der Waals surface area contributed by atoms with E-state index in [-0.39, 0.29) is 34.5 Å². The molecule has 1 aromatic carbocycles. The number of rotatable bonds is 5. The van der Waals surface area contributed by atoms with E-state index in [2.05, 4.69) is 53.7 Å². The summed E-state index contributed by atoms with van der Waals surface area (Å²) in [6.45, 7) is 16.3. The lowest BCUT2D eigenvalue weighted by Gasteiger charge is -2.43. The van der Waals surface area contributed by atoms with E-state index < -0.39 is 11.5 Å². The lowest BCUT2D eigenvalue weighted by Crippen LogP contribution is -2.59. The predicted octanol–water partition coefficient (Wildman–Crippen LogP) is 3.85. The Morgan fingerprint density at radius 2 is 1.88 bits per heavy atom. The van der Waals surface area contributed by atoms with Gasteiger partial charge in [0.25, 0.3) is 5.91 Å². The first-order valence-electron chi connectivity index (χ1n) is 11.6. The second kappa shape index (κ2) is 7.19. The lowest BCUT2D eigenvalue weighted by atomic mass is 9.60. The molecule has 0 aliphatic carbocycles. The number of hydrogen-bond acceptors (Lipinski definition) is 4. The number of benzene rings is 1. The highest BCUT2D eigenvalue weighted by molar-refractivity contribution is 6.08. The molecule has 5 rings (SSSR count). The molecule has 2 aromatic rings. The average Bonchev–Trinajstić information content (AvgIpc) is 3.49. The molecule has 2 amide bonds. The number of allylic oxidation sites excluding steroid dienone is 2. The maximum atomic E-state index is 13.9. The van der Waals surface area contributed by atoms with Crippen molar-refractivity contribution in [2.75, 3.05) is 5.32 Å². The largest absolute Gasteiger partial charge is 0.364 e. The summed E-state index contributed by atoms with van der Waals surface area (Å²) in [5.74, 6) is -0.402. The van der Waals surface area contributed by atoms with Crippen LogP contribution in [0.5, 0.6) is 0 Å². The Morgan fingerprint density at radius 3 is 2.59 bits per heavy atom. The lowest BCUT2D eigenvalue weighted by molar-refractivity contribution is -0.141. The Morgan fingerprint density at radius 1 is 1.15 bits per heavy atom.